The van der Waals surface area contributed by atoms with E-state index in [1.807, 2.05) is 0 Å². The van der Waals surface area contributed by atoms with Gasteiger partial charge in [-0.25, -0.2) is 8.78 Å². The molecule has 15 heavy (non-hydrogen) atoms. The van der Waals surface area contributed by atoms with Gasteiger partial charge in [-0.15, -0.1) is 0 Å². The van der Waals surface area contributed by atoms with E-state index in [2.05, 4.69) is 21.2 Å². The van der Waals surface area contributed by atoms with Crippen LogP contribution in [0.1, 0.15) is 24.2 Å². The second kappa shape index (κ2) is 4.70. The number of carbonyl (C=O) groups is 1. The number of hydrogen-bond donors (Lipinski definition) is 1. The fourth-order valence-electron chi connectivity index (χ4n) is 1.09. The third-order valence-corrected chi connectivity index (χ3v) is 2.11. The molecule has 1 aromatic rings. The smallest absolute Gasteiger partial charge is 0.257 e. The summed E-state index contributed by atoms with van der Waals surface area (Å²) in [4.78, 5) is 11.4. The van der Waals surface area contributed by atoms with Crippen molar-refractivity contribution in [3.8, 4) is 0 Å². The van der Waals surface area contributed by atoms with E-state index in [0.29, 0.717) is 0 Å². The average molecular weight is 278 g/mol. The molecule has 0 aliphatic heterocycles. The molecular formula is C10H10BrF2NO. The van der Waals surface area contributed by atoms with E-state index in [-0.39, 0.29) is 10.5 Å². The Kier molecular flexibility index (Phi) is 3.79. The van der Waals surface area contributed by atoms with E-state index in [1.54, 1.807) is 13.8 Å². The summed E-state index contributed by atoms with van der Waals surface area (Å²) in [6.07, 6.45) is 0. The van der Waals surface area contributed by atoms with E-state index >= 15 is 0 Å². The molecule has 0 bridgehead atoms. The van der Waals surface area contributed by atoms with Gasteiger partial charge in [0.25, 0.3) is 5.91 Å². The van der Waals surface area contributed by atoms with Gasteiger partial charge in [-0.3, -0.25) is 4.79 Å². The van der Waals surface area contributed by atoms with Crippen LogP contribution in [0, 0.1) is 11.6 Å². The predicted molar refractivity (Wildman–Crippen MR) is 56.7 cm³/mol. The van der Waals surface area contributed by atoms with Gasteiger partial charge in [-0.05, 0) is 26.0 Å². The third kappa shape index (κ3) is 2.99. The van der Waals surface area contributed by atoms with Crippen molar-refractivity contribution in [2.24, 2.45) is 0 Å². The van der Waals surface area contributed by atoms with Crippen molar-refractivity contribution in [3.63, 3.8) is 0 Å². The van der Waals surface area contributed by atoms with Crippen molar-refractivity contribution in [1.29, 1.82) is 0 Å². The number of nitrogens with one attached hydrogen (secondary N) is 1. The molecule has 0 aliphatic carbocycles. The number of amides is 1. The molecule has 1 rings (SSSR count). The first kappa shape index (κ1) is 12.1. The highest BCUT2D eigenvalue weighted by molar-refractivity contribution is 9.10. The molecule has 5 heteroatoms. The quantitative estimate of drug-likeness (QED) is 0.885. The molecule has 0 atom stereocenters. The molecule has 0 unspecified atom stereocenters. The van der Waals surface area contributed by atoms with Gasteiger partial charge in [0.05, 0.1) is 0 Å². The minimum atomic E-state index is -0.875. The largest absolute Gasteiger partial charge is 0.350 e. The van der Waals surface area contributed by atoms with Crippen LogP contribution < -0.4 is 5.32 Å². The van der Waals surface area contributed by atoms with Crippen LogP contribution in [-0.4, -0.2) is 11.9 Å². The standard InChI is InChI=1S/C10H10BrF2NO/c1-5(2)14-10(15)9-7(12)3-6(11)4-8(9)13/h3-5H,1-2H3,(H,14,15). The maximum Gasteiger partial charge on any atom is 0.257 e. The molecule has 0 aliphatic rings. The van der Waals surface area contributed by atoms with Gasteiger partial charge in [0.2, 0.25) is 0 Å². The molecule has 1 aromatic carbocycles. The molecular weight excluding hydrogens is 268 g/mol. The van der Waals surface area contributed by atoms with E-state index in [4.69, 9.17) is 0 Å². The Morgan fingerprint density at radius 1 is 1.33 bits per heavy atom. The Balaban J connectivity index is 3.09. The van der Waals surface area contributed by atoms with E-state index in [9.17, 15) is 13.6 Å². The predicted octanol–water partition coefficient (Wildman–Crippen LogP) is 2.87. The first-order valence-electron chi connectivity index (χ1n) is 4.37. The Morgan fingerprint density at radius 2 is 1.80 bits per heavy atom. The molecule has 0 fully saturated rings. The van der Waals surface area contributed by atoms with Gasteiger partial charge in [0, 0.05) is 10.5 Å². The van der Waals surface area contributed by atoms with Crippen LogP contribution in [0.25, 0.3) is 0 Å². The molecule has 82 valence electrons. The van der Waals surface area contributed by atoms with Crippen LogP contribution in [0.4, 0.5) is 8.78 Å². The zero-order valence-corrected chi connectivity index (χ0v) is 9.86. The van der Waals surface area contributed by atoms with Gasteiger partial charge in [-0.2, -0.15) is 0 Å². The van der Waals surface area contributed by atoms with Crippen molar-refractivity contribution >= 4 is 21.8 Å². The third-order valence-electron chi connectivity index (χ3n) is 1.65. The minimum Gasteiger partial charge on any atom is -0.350 e. The van der Waals surface area contributed by atoms with Crippen LogP contribution in [0.15, 0.2) is 16.6 Å². The van der Waals surface area contributed by atoms with E-state index in [1.165, 1.54) is 0 Å². The van der Waals surface area contributed by atoms with Crippen LogP contribution in [0.3, 0.4) is 0 Å². The monoisotopic (exact) mass is 277 g/mol. The number of rotatable bonds is 2. The highest BCUT2D eigenvalue weighted by Crippen LogP contribution is 2.19. The summed E-state index contributed by atoms with van der Waals surface area (Å²) >= 11 is 2.94. The van der Waals surface area contributed by atoms with Crippen LogP contribution in [0.2, 0.25) is 0 Å². The molecule has 2 nitrogen and oxygen atoms in total. The second-order valence-corrected chi connectivity index (χ2v) is 4.29. The maximum absolute atomic E-state index is 13.3. The van der Waals surface area contributed by atoms with Crippen LogP contribution in [-0.2, 0) is 0 Å². The lowest BCUT2D eigenvalue weighted by atomic mass is 10.1. The SMILES string of the molecule is CC(C)NC(=O)c1c(F)cc(Br)cc1F. The Bertz CT molecular complexity index is 370. The van der Waals surface area contributed by atoms with Crippen molar-refractivity contribution in [2.75, 3.05) is 0 Å². The van der Waals surface area contributed by atoms with Crippen molar-refractivity contribution < 1.29 is 13.6 Å². The van der Waals surface area contributed by atoms with Crippen molar-refractivity contribution in [3.05, 3.63) is 33.8 Å². The van der Waals surface area contributed by atoms with Gasteiger partial charge in [0.15, 0.2) is 0 Å². The number of carbonyl (C=O) groups excluding carboxylic acids is 1. The summed E-state index contributed by atoms with van der Waals surface area (Å²) in [5, 5.41) is 2.43. The van der Waals surface area contributed by atoms with Gasteiger partial charge >= 0.3 is 0 Å². The topological polar surface area (TPSA) is 29.1 Å². The fourth-order valence-corrected chi connectivity index (χ4v) is 1.50. The summed E-state index contributed by atoms with van der Waals surface area (Å²) in [5.41, 5.74) is -0.549. The fraction of sp³-hybridized carbons (Fsp3) is 0.300. The second-order valence-electron chi connectivity index (χ2n) is 3.37. The molecule has 1 amide bonds. The molecule has 0 radical (unpaired) electrons. The molecule has 0 aromatic heterocycles. The summed E-state index contributed by atoms with van der Waals surface area (Å²) in [6.45, 7) is 3.43. The molecule has 0 spiro atoms. The number of halogens is 3. The first-order valence-corrected chi connectivity index (χ1v) is 5.16. The zero-order valence-electron chi connectivity index (χ0n) is 8.27. The average Bonchev–Trinajstić information content (AvgIpc) is 1.99. The van der Waals surface area contributed by atoms with Gasteiger partial charge < -0.3 is 5.32 Å². The normalized spacial score (nSPS) is 10.5. The summed E-state index contributed by atoms with van der Waals surface area (Å²) in [6, 6.07) is 1.94. The lowest BCUT2D eigenvalue weighted by molar-refractivity contribution is 0.0934. The maximum atomic E-state index is 13.3. The Labute approximate surface area is 94.8 Å². The van der Waals surface area contributed by atoms with E-state index < -0.39 is 23.1 Å². The molecule has 0 saturated heterocycles. The van der Waals surface area contributed by atoms with Crippen LogP contribution >= 0.6 is 15.9 Å². The van der Waals surface area contributed by atoms with E-state index in [0.717, 1.165) is 12.1 Å². The van der Waals surface area contributed by atoms with Gasteiger partial charge in [0.1, 0.15) is 17.2 Å². The Morgan fingerprint density at radius 3 is 2.20 bits per heavy atom. The lowest BCUT2D eigenvalue weighted by Gasteiger charge is -2.09. The highest BCUT2D eigenvalue weighted by atomic mass is 79.9. The lowest BCUT2D eigenvalue weighted by Crippen LogP contribution is -2.31. The number of hydrogen-bond acceptors (Lipinski definition) is 1. The molecule has 0 saturated carbocycles. The van der Waals surface area contributed by atoms with Gasteiger partial charge in [-0.1, -0.05) is 15.9 Å². The zero-order chi connectivity index (χ0) is 11.6. The summed E-state index contributed by atoms with van der Waals surface area (Å²) in [5.74, 6) is -2.49. The Hall–Kier alpha value is -0.970. The van der Waals surface area contributed by atoms with Crippen molar-refractivity contribution in [1.82, 2.24) is 5.32 Å². The van der Waals surface area contributed by atoms with Crippen LogP contribution in [0.5, 0.6) is 0 Å². The summed E-state index contributed by atoms with van der Waals surface area (Å²) in [7, 11) is 0. The van der Waals surface area contributed by atoms with Crippen molar-refractivity contribution in [2.45, 2.75) is 19.9 Å². The molecule has 1 N–H and O–H groups in total. The minimum absolute atomic E-state index is 0.167. The molecule has 0 heterocycles. The first-order chi connectivity index (χ1) is 6.91. The summed E-state index contributed by atoms with van der Waals surface area (Å²) < 4.78 is 26.8. The highest BCUT2D eigenvalue weighted by Gasteiger charge is 2.18. The number of benzene rings is 1.